The third kappa shape index (κ3) is 2.67. The number of nitro benzene ring substituents is 1. The number of rotatable bonds is 3. The number of hydrogen-bond acceptors (Lipinski definition) is 4. The second kappa shape index (κ2) is 5.98. The average molecular weight is 317 g/mol. The standard InChI is InChI=1S/C16H19N3O4/c1-2-17-10-11(9-15(17)20)16(21)18-8-4-5-12-13(18)6-3-7-14(12)19(22)23/h3,6-7,11H,2,4-5,8-10H2,1H3/t11-/m1/s1. The molecule has 0 unspecified atom stereocenters. The number of benzene rings is 1. The molecule has 0 aromatic heterocycles. The molecule has 1 aromatic rings. The number of amides is 2. The molecule has 122 valence electrons. The van der Waals surface area contributed by atoms with Crippen molar-refractivity contribution in [1.82, 2.24) is 4.90 Å². The lowest BCUT2D eigenvalue weighted by molar-refractivity contribution is -0.385. The second-order valence-corrected chi connectivity index (χ2v) is 5.96. The van der Waals surface area contributed by atoms with Gasteiger partial charge in [0.05, 0.1) is 22.1 Å². The fourth-order valence-corrected chi connectivity index (χ4v) is 3.47. The topological polar surface area (TPSA) is 83.8 Å². The van der Waals surface area contributed by atoms with Gasteiger partial charge in [0.2, 0.25) is 11.8 Å². The first-order valence-corrected chi connectivity index (χ1v) is 7.88. The van der Waals surface area contributed by atoms with Crippen molar-refractivity contribution in [3.05, 3.63) is 33.9 Å². The van der Waals surface area contributed by atoms with Crippen LogP contribution < -0.4 is 4.90 Å². The molecule has 1 atom stereocenters. The van der Waals surface area contributed by atoms with Gasteiger partial charge in [-0.05, 0) is 25.8 Å². The van der Waals surface area contributed by atoms with Gasteiger partial charge in [-0.2, -0.15) is 0 Å². The molecule has 1 saturated heterocycles. The normalized spacial score (nSPS) is 20.6. The number of nitro groups is 1. The molecule has 0 radical (unpaired) electrons. The Labute approximate surface area is 134 Å². The number of anilines is 1. The number of carbonyl (C=O) groups excluding carboxylic acids is 2. The zero-order chi connectivity index (χ0) is 16.6. The average Bonchev–Trinajstić information content (AvgIpc) is 2.93. The van der Waals surface area contributed by atoms with Crippen LogP contribution in [0.25, 0.3) is 0 Å². The van der Waals surface area contributed by atoms with E-state index >= 15 is 0 Å². The fraction of sp³-hybridized carbons (Fsp3) is 0.500. The molecule has 0 spiro atoms. The Morgan fingerprint density at radius 1 is 1.43 bits per heavy atom. The summed E-state index contributed by atoms with van der Waals surface area (Å²) in [6, 6.07) is 4.85. The molecular formula is C16H19N3O4. The third-order valence-corrected chi connectivity index (χ3v) is 4.63. The monoisotopic (exact) mass is 317 g/mol. The predicted molar refractivity (Wildman–Crippen MR) is 84.1 cm³/mol. The quantitative estimate of drug-likeness (QED) is 0.628. The number of fused-ring (bicyclic) bond motifs is 1. The Morgan fingerprint density at radius 3 is 2.87 bits per heavy atom. The summed E-state index contributed by atoms with van der Waals surface area (Å²) in [5.74, 6) is -0.453. The van der Waals surface area contributed by atoms with Crippen molar-refractivity contribution in [3.63, 3.8) is 0 Å². The molecule has 0 bridgehead atoms. The number of hydrogen-bond donors (Lipinski definition) is 0. The molecule has 7 nitrogen and oxygen atoms in total. The van der Waals surface area contributed by atoms with Crippen LogP contribution in [-0.4, -0.2) is 41.3 Å². The molecule has 3 rings (SSSR count). The SMILES string of the molecule is CCN1C[C@H](C(=O)N2CCCc3c2cccc3[N+](=O)[O-])CC1=O. The van der Waals surface area contributed by atoms with Gasteiger partial charge in [-0.1, -0.05) is 6.07 Å². The van der Waals surface area contributed by atoms with Gasteiger partial charge in [0.1, 0.15) is 0 Å². The number of nitrogens with zero attached hydrogens (tertiary/aromatic N) is 3. The Balaban J connectivity index is 1.89. The van der Waals surface area contributed by atoms with Gasteiger partial charge in [-0.15, -0.1) is 0 Å². The largest absolute Gasteiger partial charge is 0.342 e. The molecule has 23 heavy (non-hydrogen) atoms. The van der Waals surface area contributed by atoms with Crippen LogP contribution in [0.15, 0.2) is 18.2 Å². The minimum Gasteiger partial charge on any atom is -0.342 e. The molecule has 2 amide bonds. The van der Waals surface area contributed by atoms with Gasteiger partial charge in [0.25, 0.3) is 5.69 Å². The van der Waals surface area contributed by atoms with Crippen LogP contribution in [0.5, 0.6) is 0 Å². The molecule has 1 fully saturated rings. The van der Waals surface area contributed by atoms with E-state index in [9.17, 15) is 19.7 Å². The van der Waals surface area contributed by atoms with Crippen molar-refractivity contribution in [2.24, 2.45) is 5.92 Å². The van der Waals surface area contributed by atoms with E-state index in [0.717, 1.165) is 0 Å². The van der Waals surface area contributed by atoms with E-state index in [4.69, 9.17) is 0 Å². The summed E-state index contributed by atoms with van der Waals surface area (Å²) in [6.45, 7) is 3.48. The summed E-state index contributed by atoms with van der Waals surface area (Å²) in [5.41, 5.74) is 1.31. The van der Waals surface area contributed by atoms with Crippen molar-refractivity contribution >= 4 is 23.2 Å². The highest BCUT2D eigenvalue weighted by atomic mass is 16.6. The van der Waals surface area contributed by atoms with Crippen molar-refractivity contribution in [2.75, 3.05) is 24.5 Å². The van der Waals surface area contributed by atoms with Crippen molar-refractivity contribution in [2.45, 2.75) is 26.2 Å². The van der Waals surface area contributed by atoms with E-state index in [1.165, 1.54) is 6.07 Å². The van der Waals surface area contributed by atoms with Gasteiger partial charge in [0, 0.05) is 32.1 Å². The molecule has 0 aliphatic carbocycles. The molecule has 1 aromatic carbocycles. The fourth-order valence-electron chi connectivity index (χ4n) is 3.47. The smallest absolute Gasteiger partial charge is 0.274 e. The Morgan fingerprint density at radius 2 is 2.22 bits per heavy atom. The van der Waals surface area contributed by atoms with E-state index in [2.05, 4.69) is 0 Å². The van der Waals surface area contributed by atoms with E-state index < -0.39 is 4.92 Å². The van der Waals surface area contributed by atoms with Crippen LogP contribution in [-0.2, 0) is 16.0 Å². The highest BCUT2D eigenvalue weighted by Gasteiger charge is 2.38. The lowest BCUT2D eigenvalue weighted by atomic mass is 9.97. The summed E-state index contributed by atoms with van der Waals surface area (Å²) in [5, 5.41) is 11.2. The van der Waals surface area contributed by atoms with E-state index in [1.54, 1.807) is 21.9 Å². The summed E-state index contributed by atoms with van der Waals surface area (Å²) < 4.78 is 0. The maximum Gasteiger partial charge on any atom is 0.274 e. The number of carbonyl (C=O) groups is 2. The minimum atomic E-state index is -0.398. The van der Waals surface area contributed by atoms with Crippen molar-refractivity contribution < 1.29 is 14.5 Å². The maximum atomic E-state index is 12.8. The Bertz CT molecular complexity index is 673. The maximum absolute atomic E-state index is 12.8. The van der Waals surface area contributed by atoms with Gasteiger partial charge >= 0.3 is 0 Å². The molecular weight excluding hydrogens is 298 g/mol. The van der Waals surface area contributed by atoms with E-state index in [0.29, 0.717) is 43.7 Å². The molecule has 0 N–H and O–H groups in total. The Kier molecular flexibility index (Phi) is 4.02. The molecule has 2 aliphatic rings. The van der Waals surface area contributed by atoms with Crippen molar-refractivity contribution in [3.8, 4) is 0 Å². The first kappa shape index (κ1) is 15.5. The van der Waals surface area contributed by atoms with Crippen LogP contribution in [0.3, 0.4) is 0 Å². The molecule has 2 aliphatic heterocycles. The second-order valence-electron chi connectivity index (χ2n) is 5.96. The van der Waals surface area contributed by atoms with Crippen molar-refractivity contribution in [1.29, 1.82) is 0 Å². The lowest BCUT2D eigenvalue weighted by Gasteiger charge is -2.31. The highest BCUT2D eigenvalue weighted by Crippen LogP contribution is 2.35. The zero-order valence-corrected chi connectivity index (χ0v) is 13.0. The van der Waals surface area contributed by atoms with E-state index in [-0.39, 0.29) is 29.8 Å². The van der Waals surface area contributed by atoms with Crippen LogP contribution in [0.4, 0.5) is 11.4 Å². The third-order valence-electron chi connectivity index (χ3n) is 4.63. The summed E-state index contributed by atoms with van der Waals surface area (Å²) in [7, 11) is 0. The predicted octanol–water partition coefficient (Wildman–Crippen LogP) is 1.74. The van der Waals surface area contributed by atoms with E-state index in [1.807, 2.05) is 6.92 Å². The lowest BCUT2D eigenvalue weighted by Crippen LogP contribution is -2.40. The van der Waals surface area contributed by atoms with Crippen LogP contribution in [0.1, 0.15) is 25.3 Å². The highest BCUT2D eigenvalue weighted by molar-refractivity contribution is 6.00. The minimum absolute atomic E-state index is 0.00197. The summed E-state index contributed by atoms with van der Waals surface area (Å²) >= 11 is 0. The first-order valence-electron chi connectivity index (χ1n) is 7.88. The van der Waals surface area contributed by atoms with Crippen LogP contribution in [0.2, 0.25) is 0 Å². The van der Waals surface area contributed by atoms with Gasteiger partial charge in [0.15, 0.2) is 0 Å². The molecule has 0 saturated carbocycles. The van der Waals surface area contributed by atoms with Gasteiger partial charge < -0.3 is 9.80 Å². The zero-order valence-electron chi connectivity index (χ0n) is 13.0. The van der Waals surface area contributed by atoms with Crippen LogP contribution in [0, 0.1) is 16.0 Å². The number of likely N-dealkylation sites (tertiary alicyclic amines) is 1. The summed E-state index contributed by atoms with van der Waals surface area (Å²) in [6.07, 6.45) is 1.52. The molecule has 2 heterocycles. The molecule has 7 heteroatoms. The van der Waals surface area contributed by atoms with Gasteiger partial charge in [-0.3, -0.25) is 19.7 Å². The first-order chi connectivity index (χ1) is 11.0. The summed E-state index contributed by atoms with van der Waals surface area (Å²) in [4.78, 5) is 38.8. The van der Waals surface area contributed by atoms with Crippen LogP contribution >= 0.6 is 0 Å². The van der Waals surface area contributed by atoms with Gasteiger partial charge in [-0.25, -0.2) is 0 Å². The Hall–Kier alpha value is -2.44.